The number of allylic oxidation sites excluding steroid dienone is 1. The SMILES string of the molecule is CC[C@@]1(c2cccc(-c3cnn4c3CCCC4)c2)C2=C(CC(C)(C)NC2=O)NC2N=NC(C(F)(F)F)=C21. The number of nitrogens with one attached hydrogen (secondary N) is 2. The van der Waals surface area contributed by atoms with Gasteiger partial charge in [0.15, 0.2) is 11.9 Å². The van der Waals surface area contributed by atoms with Gasteiger partial charge in [0.05, 0.1) is 17.2 Å². The van der Waals surface area contributed by atoms with Gasteiger partial charge in [-0.2, -0.15) is 23.4 Å². The summed E-state index contributed by atoms with van der Waals surface area (Å²) in [5.41, 5.74) is 1.64. The molecule has 4 aliphatic heterocycles. The molecule has 0 spiro atoms. The topological polar surface area (TPSA) is 83.7 Å². The van der Waals surface area contributed by atoms with Crippen LogP contribution in [0.2, 0.25) is 0 Å². The first-order valence-corrected chi connectivity index (χ1v) is 12.8. The molecule has 0 saturated heterocycles. The molecule has 0 bridgehead atoms. The van der Waals surface area contributed by atoms with Gasteiger partial charge in [0, 0.05) is 41.0 Å². The normalized spacial score (nSPS) is 26.4. The van der Waals surface area contributed by atoms with Gasteiger partial charge in [-0.1, -0.05) is 25.1 Å². The lowest BCUT2D eigenvalue weighted by atomic mass is 9.61. The van der Waals surface area contributed by atoms with Crippen LogP contribution in [0.25, 0.3) is 11.1 Å². The zero-order valence-corrected chi connectivity index (χ0v) is 21.0. The first-order chi connectivity index (χ1) is 17.5. The number of azo groups is 1. The van der Waals surface area contributed by atoms with Crippen LogP contribution in [0.5, 0.6) is 0 Å². The van der Waals surface area contributed by atoms with Crippen LogP contribution in [0.3, 0.4) is 0 Å². The fraction of sp³-hybridized carbons (Fsp3) is 0.481. The van der Waals surface area contributed by atoms with Crippen LogP contribution < -0.4 is 10.6 Å². The number of hydrogen-bond acceptors (Lipinski definition) is 5. The Morgan fingerprint density at radius 2 is 2.03 bits per heavy atom. The van der Waals surface area contributed by atoms with Gasteiger partial charge in [0.25, 0.3) is 5.91 Å². The summed E-state index contributed by atoms with van der Waals surface area (Å²) in [6, 6.07) is 7.56. The Bertz CT molecular complexity index is 1400. The molecule has 37 heavy (non-hydrogen) atoms. The number of aromatic nitrogens is 2. The highest BCUT2D eigenvalue weighted by atomic mass is 19.4. The molecule has 4 aliphatic rings. The summed E-state index contributed by atoms with van der Waals surface area (Å²) in [5.74, 6) is -0.367. The van der Waals surface area contributed by atoms with Crippen molar-refractivity contribution in [3.63, 3.8) is 0 Å². The van der Waals surface area contributed by atoms with Crippen LogP contribution >= 0.6 is 0 Å². The lowest BCUT2D eigenvalue weighted by Crippen LogP contribution is -2.58. The molecular formula is C27H29F3N6O. The molecule has 1 amide bonds. The molecule has 0 aliphatic carbocycles. The van der Waals surface area contributed by atoms with Gasteiger partial charge in [-0.05, 0) is 56.7 Å². The van der Waals surface area contributed by atoms with Crippen LogP contribution in [-0.2, 0) is 23.2 Å². The molecule has 0 radical (unpaired) electrons. The third-order valence-electron chi connectivity index (χ3n) is 8.05. The molecule has 7 nitrogen and oxygen atoms in total. The summed E-state index contributed by atoms with van der Waals surface area (Å²) >= 11 is 0. The molecule has 1 aromatic carbocycles. The smallest absolute Gasteiger partial charge is 0.362 e. The van der Waals surface area contributed by atoms with E-state index in [1.807, 2.05) is 55.9 Å². The maximum atomic E-state index is 14.3. The standard InChI is InChI=1S/C27H29F3N6O/c1-4-26(16-9-7-8-15(12-16)17-14-31-36-11-6-5-10-19(17)36)20-18(13-25(2,3)33-24(20)37)32-23-21(26)22(34-35-23)27(28,29)30/h7-9,12,14,23,32H,4-6,10-11,13H2,1-3H3,(H,33,37)/t23?,26-/m1/s1. The molecule has 0 saturated carbocycles. The van der Waals surface area contributed by atoms with Crippen molar-refractivity contribution >= 4 is 5.91 Å². The number of carbonyl (C=O) groups is 1. The lowest BCUT2D eigenvalue weighted by Gasteiger charge is -2.48. The summed E-state index contributed by atoms with van der Waals surface area (Å²) in [6.45, 7) is 6.49. The van der Waals surface area contributed by atoms with Crippen LogP contribution in [0, 0.1) is 0 Å². The number of halogens is 3. The minimum Gasteiger partial charge on any atom is -0.362 e. The Kier molecular flexibility index (Phi) is 5.20. The van der Waals surface area contributed by atoms with E-state index in [4.69, 9.17) is 0 Å². The minimum absolute atomic E-state index is 0.00899. The number of rotatable bonds is 3. The maximum Gasteiger partial charge on any atom is 0.435 e. The predicted molar refractivity (Wildman–Crippen MR) is 131 cm³/mol. The molecule has 2 aromatic rings. The van der Waals surface area contributed by atoms with Gasteiger partial charge in [-0.25, -0.2) is 0 Å². The summed E-state index contributed by atoms with van der Waals surface area (Å²) in [6.07, 6.45) is -0.109. The largest absolute Gasteiger partial charge is 0.435 e. The molecule has 194 valence electrons. The van der Waals surface area contributed by atoms with Gasteiger partial charge in [0.2, 0.25) is 0 Å². The van der Waals surface area contributed by atoms with E-state index >= 15 is 0 Å². The van der Waals surface area contributed by atoms with Crippen molar-refractivity contribution in [3.8, 4) is 11.1 Å². The van der Waals surface area contributed by atoms with E-state index in [-0.39, 0.29) is 17.9 Å². The quantitative estimate of drug-likeness (QED) is 0.588. The number of nitrogens with zero attached hydrogens (tertiary/aromatic N) is 4. The second-order valence-corrected chi connectivity index (χ2v) is 10.9. The molecule has 6 rings (SSSR count). The summed E-state index contributed by atoms with van der Waals surface area (Å²) in [7, 11) is 0. The van der Waals surface area contributed by atoms with Crippen molar-refractivity contribution in [1.29, 1.82) is 0 Å². The van der Waals surface area contributed by atoms with Crippen LogP contribution in [0.1, 0.15) is 57.7 Å². The molecule has 1 unspecified atom stereocenters. The van der Waals surface area contributed by atoms with E-state index in [1.54, 1.807) is 0 Å². The molecule has 0 fully saturated rings. The van der Waals surface area contributed by atoms with Crippen LogP contribution in [-0.4, -0.2) is 33.6 Å². The number of alkyl halides is 3. The van der Waals surface area contributed by atoms with E-state index in [0.717, 1.165) is 42.6 Å². The van der Waals surface area contributed by atoms with Gasteiger partial charge >= 0.3 is 6.18 Å². The van der Waals surface area contributed by atoms with Gasteiger partial charge in [-0.15, -0.1) is 5.11 Å². The van der Waals surface area contributed by atoms with Gasteiger partial charge < -0.3 is 10.6 Å². The second kappa shape index (κ2) is 8.03. The highest BCUT2D eigenvalue weighted by Gasteiger charge is 2.57. The summed E-state index contributed by atoms with van der Waals surface area (Å²) in [4.78, 5) is 13.7. The third-order valence-corrected chi connectivity index (χ3v) is 8.05. The molecule has 2 N–H and O–H groups in total. The number of aryl methyl sites for hydroxylation is 1. The zero-order chi connectivity index (χ0) is 26.2. The molecule has 2 atom stereocenters. The molecular weight excluding hydrogens is 481 g/mol. The number of fused-ring (bicyclic) bond motifs is 2. The molecule has 1 aromatic heterocycles. The number of carbonyl (C=O) groups excluding carboxylic acids is 1. The fourth-order valence-electron chi connectivity index (χ4n) is 6.54. The third kappa shape index (κ3) is 3.55. The van der Waals surface area contributed by atoms with Crippen molar-refractivity contribution in [1.82, 2.24) is 20.4 Å². The van der Waals surface area contributed by atoms with Crippen molar-refractivity contribution in [2.75, 3.05) is 0 Å². The van der Waals surface area contributed by atoms with Crippen molar-refractivity contribution in [2.24, 2.45) is 10.2 Å². The monoisotopic (exact) mass is 510 g/mol. The van der Waals surface area contributed by atoms with E-state index in [0.29, 0.717) is 23.3 Å². The van der Waals surface area contributed by atoms with E-state index in [9.17, 15) is 18.0 Å². The maximum absolute atomic E-state index is 14.3. The van der Waals surface area contributed by atoms with Crippen molar-refractivity contribution < 1.29 is 18.0 Å². The van der Waals surface area contributed by atoms with Gasteiger partial charge in [-0.3, -0.25) is 9.48 Å². The van der Waals surface area contributed by atoms with Crippen LogP contribution in [0.15, 0.2) is 63.2 Å². The van der Waals surface area contributed by atoms with E-state index < -0.39 is 29.0 Å². The second-order valence-electron chi connectivity index (χ2n) is 10.9. The first kappa shape index (κ1) is 23.9. The molecule has 5 heterocycles. The summed E-state index contributed by atoms with van der Waals surface area (Å²) in [5, 5.41) is 18.3. The number of amides is 1. The minimum atomic E-state index is -4.71. The first-order valence-electron chi connectivity index (χ1n) is 12.8. The number of hydrogen-bond donors (Lipinski definition) is 2. The Balaban J connectivity index is 1.61. The highest BCUT2D eigenvalue weighted by molar-refractivity contribution is 6.00. The Morgan fingerprint density at radius 1 is 1.22 bits per heavy atom. The summed E-state index contributed by atoms with van der Waals surface area (Å²) < 4.78 is 44.9. The highest BCUT2D eigenvalue weighted by Crippen LogP contribution is 2.55. The lowest BCUT2D eigenvalue weighted by molar-refractivity contribution is -0.120. The Labute approximate surface area is 212 Å². The van der Waals surface area contributed by atoms with E-state index in [1.165, 1.54) is 0 Å². The Morgan fingerprint density at radius 3 is 2.78 bits per heavy atom. The fourth-order valence-corrected chi connectivity index (χ4v) is 6.54. The van der Waals surface area contributed by atoms with Crippen molar-refractivity contribution in [3.05, 3.63) is 64.3 Å². The zero-order valence-electron chi connectivity index (χ0n) is 21.0. The van der Waals surface area contributed by atoms with Crippen molar-refractivity contribution in [2.45, 2.75) is 82.7 Å². The van der Waals surface area contributed by atoms with E-state index in [2.05, 4.69) is 26.0 Å². The van der Waals surface area contributed by atoms with Crippen LogP contribution in [0.4, 0.5) is 13.2 Å². The predicted octanol–water partition coefficient (Wildman–Crippen LogP) is 5.30. The average molecular weight is 511 g/mol. The number of benzene rings is 1. The Hall–Kier alpha value is -3.43. The van der Waals surface area contributed by atoms with Gasteiger partial charge in [0.1, 0.15) is 0 Å². The molecule has 10 heteroatoms. The average Bonchev–Trinajstić information content (AvgIpc) is 3.46.